The molecule has 0 aliphatic carbocycles. The molecule has 0 spiro atoms. The highest BCUT2D eigenvalue weighted by molar-refractivity contribution is 6.17. The molecule has 1 rings (SSSR count). The van der Waals surface area contributed by atoms with Crippen LogP contribution in [0.3, 0.4) is 0 Å². The van der Waals surface area contributed by atoms with Crippen molar-refractivity contribution in [3.63, 3.8) is 0 Å². The molecule has 0 aliphatic rings. The van der Waals surface area contributed by atoms with Gasteiger partial charge in [0.25, 0.3) is 5.91 Å². The maximum Gasteiger partial charge on any atom is 0.311 e. The van der Waals surface area contributed by atoms with Gasteiger partial charge in [0, 0.05) is 23.6 Å². The second-order valence-corrected chi connectivity index (χ2v) is 4.37. The number of alkyl halides is 1. The summed E-state index contributed by atoms with van der Waals surface area (Å²) in [5.74, 6) is 0.184. The number of benzene rings is 1. The maximum absolute atomic E-state index is 11.9. The molecular weight excluding hydrogens is 272 g/mol. The Morgan fingerprint density at radius 2 is 2.26 bits per heavy atom. The van der Waals surface area contributed by atoms with E-state index in [1.165, 1.54) is 25.3 Å². The zero-order chi connectivity index (χ0) is 14.4. The molecule has 7 heteroatoms. The van der Waals surface area contributed by atoms with E-state index in [4.69, 9.17) is 16.3 Å². The molecule has 0 heterocycles. The van der Waals surface area contributed by atoms with Crippen molar-refractivity contribution >= 4 is 23.2 Å². The van der Waals surface area contributed by atoms with E-state index in [-0.39, 0.29) is 28.9 Å². The number of nitrogens with one attached hydrogen (secondary N) is 1. The lowest BCUT2D eigenvalue weighted by atomic mass is 10.1. The topological polar surface area (TPSA) is 81.5 Å². The monoisotopic (exact) mass is 286 g/mol. The Labute approximate surface area is 115 Å². The number of amides is 1. The van der Waals surface area contributed by atoms with Crippen molar-refractivity contribution < 1.29 is 14.5 Å². The van der Waals surface area contributed by atoms with Gasteiger partial charge in [-0.3, -0.25) is 14.9 Å². The number of hydrogen-bond acceptors (Lipinski definition) is 4. The molecule has 1 aromatic rings. The van der Waals surface area contributed by atoms with E-state index in [1.807, 2.05) is 6.92 Å². The van der Waals surface area contributed by atoms with Gasteiger partial charge in [-0.2, -0.15) is 0 Å². The molecule has 0 saturated heterocycles. The van der Waals surface area contributed by atoms with Gasteiger partial charge in [0.15, 0.2) is 5.75 Å². The fraction of sp³-hybridized carbons (Fsp3) is 0.417. The highest BCUT2D eigenvalue weighted by Crippen LogP contribution is 2.27. The Kier molecular flexibility index (Phi) is 5.57. The molecule has 0 radical (unpaired) electrons. The first-order valence-electron chi connectivity index (χ1n) is 5.68. The standard InChI is InChI=1S/C12H15ClN2O4/c1-8(5-6-13)14-12(16)9-3-4-11(19-2)10(7-9)15(17)18/h3-4,7-8H,5-6H2,1-2H3,(H,14,16). The lowest BCUT2D eigenvalue weighted by molar-refractivity contribution is -0.385. The molecule has 0 aliphatic heterocycles. The summed E-state index contributed by atoms with van der Waals surface area (Å²) in [6, 6.07) is 3.99. The summed E-state index contributed by atoms with van der Waals surface area (Å²) in [6.45, 7) is 1.82. The van der Waals surface area contributed by atoms with Crippen molar-refractivity contribution in [2.75, 3.05) is 13.0 Å². The third-order valence-corrected chi connectivity index (χ3v) is 2.78. The number of carbonyl (C=O) groups excluding carboxylic acids is 1. The van der Waals surface area contributed by atoms with Gasteiger partial charge in [-0.25, -0.2) is 0 Å². The Balaban J connectivity index is 2.92. The minimum absolute atomic E-state index is 0.0915. The third-order valence-electron chi connectivity index (χ3n) is 2.56. The van der Waals surface area contributed by atoms with E-state index in [0.29, 0.717) is 12.3 Å². The Bertz CT molecular complexity index is 479. The Morgan fingerprint density at radius 1 is 1.58 bits per heavy atom. The van der Waals surface area contributed by atoms with E-state index in [0.717, 1.165) is 0 Å². The number of nitro groups is 1. The van der Waals surface area contributed by atoms with E-state index < -0.39 is 4.92 Å². The van der Waals surface area contributed by atoms with Gasteiger partial charge in [-0.15, -0.1) is 11.6 Å². The van der Waals surface area contributed by atoms with E-state index in [9.17, 15) is 14.9 Å². The average molecular weight is 287 g/mol. The van der Waals surface area contributed by atoms with Crippen LogP contribution in [-0.2, 0) is 0 Å². The lowest BCUT2D eigenvalue weighted by Crippen LogP contribution is -2.32. The minimum Gasteiger partial charge on any atom is -0.490 e. The molecule has 6 nitrogen and oxygen atoms in total. The number of hydrogen-bond donors (Lipinski definition) is 1. The molecule has 1 aromatic carbocycles. The summed E-state index contributed by atoms with van der Waals surface area (Å²) in [5.41, 5.74) is -0.0194. The SMILES string of the molecule is COc1ccc(C(=O)NC(C)CCCl)cc1[N+](=O)[O-]. The van der Waals surface area contributed by atoms with Crippen LogP contribution in [0.4, 0.5) is 5.69 Å². The molecule has 0 saturated carbocycles. The molecule has 1 atom stereocenters. The van der Waals surface area contributed by atoms with Crippen LogP contribution in [0.2, 0.25) is 0 Å². The number of methoxy groups -OCH3 is 1. The minimum atomic E-state index is -0.586. The Hall–Kier alpha value is -1.82. The lowest BCUT2D eigenvalue weighted by Gasteiger charge is -2.12. The Morgan fingerprint density at radius 3 is 2.79 bits per heavy atom. The third kappa shape index (κ3) is 4.10. The first-order valence-corrected chi connectivity index (χ1v) is 6.22. The first-order chi connectivity index (χ1) is 8.99. The predicted molar refractivity (Wildman–Crippen MR) is 71.9 cm³/mol. The number of nitrogens with zero attached hydrogens (tertiary/aromatic N) is 1. The van der Waals surface area contributed by atoms with Crippen LogP contribution in [0.25, 0.3) is 0 Å². The average Bonchev–Trinajstić information content (AvgIpc) is 2.37. The number of nitro benzene ring substituents is 1. The van der Waals surface area contributed by atoms with Gasteiger partial charge < -0.3 is 10.1 Å². The fourth-order valence-electron chi connectivity index (χ4n) is 1.52. The van der Waals surface area contributed by atoms with Crippen LogP contribution in [-0.4, -0.2) is 29.9 Å². The highest BCUT2D eigenvalue weighted by Gasteiger charge is 2.18. The van der Waals surface area contributed by atoms with Gasteiger partial charge in [0.2, 0.25) is 0 Å². The van der Waals surface area contributed by atoms with Crippen molar-refractivity contribution in [1.82, 2.24) is 5.32 Å². The molecule has 0 aromatic heterocycles. The van der Waals surface area contributed by atoms with Crippen molar-refractivity contribution in [3.05, 3.63) is 33.9 Å². The summed E-state index contributed by atoms with van der Waals surface area (Å²) >= 11 is 5.58. The fourth-order valence-corrected chi connectivity index (χ4v) is 1.84. The van der Waals surface area contributed by atoms with E-state index >= 15 is 0 Å². The van der Waals surface area contributed by atoms with Crippen LogP contribution in [0.5, 0.6) is 5.75 Å². The summed E-state index contributed by atoms with van der Waals surface area (Å²) in [4.78, 5) is 22.2. The van der Waals surface area contributed by atoms with Gasteiger partial charge in [-0.1, -0.05) is 0 Å². The maximum atomic E-state index is 11.9. The quantitative estimate of drug-likeness (QED) is 0.494. The second-order valence-electron chi connectivity index (χ2n) is 4.00. The zero-order valence-corrected chi connectivity index (χ0v) is 11.4. The largest absolute Gasteiger partial charge is 0.490 e. The van der Waals surface area contributed by atoms with E-state index in [1.54, 1.807) is 0 Å². The van der Waals surface area contributed by atoms with Crippen molar-refractivity contribution in [2.45, 2.75) is 19.4 Å². The van der Waals surface area contributed by atoms with Gasteiger partial charge in [-0.05, 0) is 25.5 Å². The number of rotatable bonds is 6. The number of halogens is 1. The van der Waals surface area contributed by atoms with E-state index in [2.05, 4.69) is 5.32 Å². The molecule has 1 N–H and O–H groups in total. The van der Waals surface area contributed by atoms with Crippen molar-refractivity contribution in [2.24, 2.45) is 0 Å². The summed E-state index contributed by atoms with van der Waals surface area (Å²) in [5, 5.41) is 13.6. The van der Waals surface area contributed by atoms with Gasteiger partial charge in [0.05, 0.1) is 12.0 Å². The molecule has 0 fully saturated rings. The van der Waals surface area contributed by atoms with Crippen LogP contribution in [0.1, 0.15) is 23.7 Å². The molecule has 1 unspecified atom stereocenters. The second kappa shape index (κ2) is 6.94. The normalized spacial score (nSPS) is 11.7. The molecule has 104 valence electrons. The van der Waals surface area contributed by atoms with Gasteiger partial charge in [0.1, 0.15) is 0 Å². The zero-order valence-electron chi connectivity index (χ0n) is 10.7. The van der Waals surface area contributed by atoms with Crippen LogP contribution < -0.4 is 10.1 Å². The summed E-state index contributed by atoms with van der Waals surface area (Å²) in [7, 11) is 1.34. The number of ether oxygens (including phenoxy) is 1. The van der Waals surface area contributed by atoms with Crippen LogP contribution in [0, 0.1) is 10.1 Å². The molecule has 1 amide bonds. The molecular formula is C12H15ClN2O4. The number of carbonyl (C=O) groups is 1. The first kappa shape index (κ1) is 15.2. The molecule has 19 heavy (non-hydrogen) atoms. The summed E-state index contributed by atoms with van der Waals surface area (Å²) in [6.07, 6.45) is 0.630. The smallest absolute Gasteiger partial charge is 0.311 e. The molecule has 0 bridgehead atoms. The van der Waals surface area contributed by atoms with Crippen molar-refractivity contribution in [1.29, 1.82) is 0 Å². The predicted octanol–water partition coefficient (Wildman–Crippen LogP) is 2.35. The van der Waals surface area contributed by atoms with Crippen LogP contribution in [0.15, 0.2) is 18.2 Å². The van der Waals surface area contributed by atoms with Gasteiger partial charge >= 0.3 is 5.69 Å². The highest BCUT2D eigenvalue weighted by atomic mass is 35.5. The summed E-state index contributed by atoms with van der Waals surface area (Å²) < 4.78 is 4.87. The van der Waals surface area contributed by atoms with Crippen molar-refractivity contribution in [3.8, 4) is 5.75 Å². The van der Waals surface area contributed by atoms with Crippen LogP contribution >= 0.6 is 11.6 Å².